The van der Waals surface area contributed by atoms with Gasteiger partial charge in [0.25, 0.3) is 0 Å². The van der Waals surface area contributed by atoms with Crippen LogP contribution >= 0.6 is 0 Å². The molecule has 0 unspecified atom stereocenters. The van der Waals surface area contributed by atoms with E-state index in [-0.39, 0.29) is 91.6 Å². The minimum absolute atomic E-state index is 0.0722. The smallest absolute Gasteiger partial charge is 0.246 e. The van der Waals surface area contributed by atoms with Gasteiger partial charge in [0.15, 0.2) is 25.7 Å². The van der Waals surface area contributed by atoms with Gasteiger partial charge < -0.3 is 48.9 Å². The first kappa shape index (κ1) is 90.1. The van der Waals surface area contributed by atoms with E-state index in [1.165, 1.54) is 83.5 Å². The third-order valence-electron chi connectivity index (χ3n) is 21.1. The number of rotatable bonds is 20. The molecular weight excluding hydrogens is 1280 g/mol. The molecule has 22 nitrogen and oxygen atoms in total. The van der Waals surface area contributed by atoms with Crippen molar-refractivity contribution in [2.45, 2.75) is 275 Å². The zero-order valence-corrected chi connectivity index (χ0v) is 68.5. The van der Waals surface area contributed by atoms with Crippen LogP contribution in [0, 0.1) is 59.2 Å². The van der Waals surface area contributed by atoms with Crippen LogP contribution in [0.1, 0.15) is 202 Å². The van der Waals surface area contributed by atoms with Crippen LogP contribution in [0.25, 0.3) is 0 Å². The summed E-state index contributed by atoms with van der Waals surface area (Å²) in [6.45, 7) is 42.7. The molecule has 1 aromatic rings. The molecule has 1 aromatic heterocycles. The molecule has 8 amide bonds. The first-order valence-electron chi connectivity index (χ1n) is 37.0. The first-order chi connectivity index (χ1) is 46.0. The van der Waals surface area contributed by atoms with Gasteiger partial charge in [-0.3, -0.25) is 57.7 Å². The lowest BCUT2D eigenvalue weighted by Crippen LogP contribution is -2.63. The lowest BCUT2D eigenvalue weighted by atomic mass is 9.84. The number of amides is 8. The van der Waals surface area contributed by atoms with Gasteiger partial charge in [0.2, 0.25) is 47.3 Å². The number of ketones is 3. The van der Waals surface area contributed by atoms with Gasteiger partial charge in [0, 0.05) is 99.1 Å². The molecule has 570 valence electrons. The molecule has 1 fully saturated rings. The van der Waals surface area contributed by atoms with Crippen LogP contribution in [0.5, 0.6) is 0 Å². The Kier molecular flexibility index (Phi) is 35.7. The fourth-order valence-corrected chi connectivity index (χ4v) is 14.8. The Morgan fingerprint density at radius 2 is 0.990 bits per heavy atom. The monoisotopic (exact) mass is 1420 g/mol. The third kappa shape index (κ3) is 24.9. The van der Waals surface area contributed by atoms with Gasteiger partial charge in [0.1, 0.15) is 36.3 Å². The molecule has 1 saturated heterocycles. The Morgan fingerprint density at radius 3 is 1.44 bits per heavy atom. The first-order valence-corrected chi connectivity index (χ1v) is 39.9. The van der Waals surface area contributed by atoms with Crippen molar-refractivity contribution in [3.8, 4) is 0 Å². The Bertz CT molecular complexity index is 2900. The average molecular weight is 1420 g/mol. The summed E-state index contributed by atoms with van der Waals surface area (Å²) < 4.78 is 7.48. The Labute approximate surface area is 604 Å². The second-order valence-corrected chi connectivity index (χ2v) is 38.1. The SMILES string of the molecule is CC[C@H]1CC(=O)[C@@H]([C@H](O[Si](C)(C)C(C)(C)C)[C@H](C)CCN(C)Cc2ccccn2)N(C)C(=O)[C@@H](C(C)C)N(C)C(=O)[C@@H](CC(C)C)N(C)C(=O)[C@@H](CC(C)C)N(C)C(=O)[C@H](C)NC(=O)[C@@H](C)CC(=O)[C@@H](CC(C)C)N(C)C(=O)[C@@H](C(C)C)CC(=O)[C@H](CC(C)C)N(C)C(=O)[C@@H](C)N(C)C1=O. The van der Waals surface area contributed by atoms with Crippen molar-refractivity contribution in [1.82, 2.24) is 49.5 Å². The van der Waals surface area contributed by atoms with Crippen molar-refractivity contribution in [1.29, 1.82) is 0 Å². The van der Waals surface area contributed by atoms with Gasteiger partial charge in [-0.2, -0.15) is 0 Å². The van der Waals surface area contributed by atoms with Gasteiger partial charge >= 0.3 is 0 Å². The standard InChI is InChI=1S/C77H136N10O12Si/c1-31-56-43-65(90)67(68(99-100(29,30)77(18,19)20)52(14)35-37-80(21)45-57-34-32-33-36-78-57)87(28)76(98)66(51(12)13)86(27)75(97)62(41-49(8)9)85(26)74(96)61(40-48(6)7)84(25)70(92)54(16)79-69(91)53(15)42-63(88)59(38-46(2)3)83(24)73(95)58(50(10)11)44-64(89)60(39-47(4)5)82(23)71(93)55(17)81(22)72(56)94/h32-34,36,46-56,58-62,66-68H,31,35,37-45H2,1-30H3,(H,79,91)/t52-,53+,54+,55-,56+,58-,59-,60+,61-,62-,66-,67+,68-/m1/s1. The van der Waals surface area contributed by atoms with Crippen LogP contribution in [0.4, 0.5) is 0 Å². The number of carbonyl (C=O) groups excluding carboxylic acids is 11. The molecule has 1 aliphatic rings. The van der Waals surface area contributed by atoms with Crippen molar-refractivity contribution in [2.75, 3.05) is 62.9 Å². The molecule has 13 atom stereocenters. The van der Waals surface area contributed by atoms with Crippen molar-refractivity contribution >= 4 is 72.9 Å². The molecule has 2 rings (SSSR count). The fraction of sp³-hybridized carbons (Fsp3) is 0.792. The van der Waals surface area contributed by atoms with E-state index in [4.69, 9.17) is 4.43 Å². The number of pyridine rings is 1. The highest BCUT2D eigenvalue weighted by molar-refractivity contribution is 6.74. The minimum atomic E-state index is -2.86. The van der Waals surface area contributed by atoms with E-state index < -0.39 is 151 Å². The summed E-state index contributed by atoms with van der Waals surface area (Å²) in [4.78, 5) is 183. The maximum Gasteiger partial charge on any atom is 0.246 e. The van der Waals surface area contributed by atoms with Crippen molar-refractivity contribution in [3.63, 3.8) is 0 Å². The summed E-state index contributed by atoms with van der Waals surface area (Å²) in [5, 5.41) is 2.41. The van der Waals surface area contributed by atoms with E-state index in [0.717, 1.165) is 5.69 Å². The summed E-state index contributed by atoms with van der Waals surface area (Å²) in [6, 6.07) is -3.35. The second-order valence-electron chi connectivity index (χ2n) is 33.3. The molecule has 1 aliphatic heterocycles. The molecule has 0 radical (unpaired) electrons. The highest BCUT2D eigenvalue weighted by Gasteiger charge is 2.50. The number of likely N-dealkylation sites (N-methyl/N-ethyl adjacent to an activating group) is 7. The van der Waals surface area contributed by atoms with E-state index >= 15 is 24.0 Å². The number of aromatic nitrogens is 1. The molecule has 0 bridgehead atoms. The summed E-state index contributed by atoms with van der Waals surface area (Å²) >= 11 is 0. The topological polar surface area (TPSA) is 248 Å². The van der Waals surface area contributed by atoms with E-state index in [9.17, 15) is 28.8 Å². The number of hydrogen-bond acceptors (Lipinski definition) is 14. The largest absolute Gasteiger partial charge is 0.411 e. The Hall–Kier alpha value is -5.94. The third-order valence-corrected chi connectivity index (χ3v) is 25.6. The predicted molar refractivity (Wildman–Crippen MR) is 398 cm³/mol. The minimum Gasteiger partial charge on any atom is -0.411 e. The Balaban J connectivity index is 3.19. The number of carbonyl (C=O) groups is 11. The Morgan fingerprint density at radius 1 is 0.540 bits per heavy atom. The molecule has 0 aliphatic carbocycles. The molecule has 1 N–H and O–H groups in total. The van der Waals surface area contributed by atoms with Gasteiger partial charge in [-0.25, -0.2) is 0 Å². The molecule has 23 heteroatoms. The summed E-state index contributed by atoms with van der Waals surface area (Å²) in [5.74, 6) is -10.2. The van der Waals surface area contributed by atoms with Crippen LogP contribution in [0.3, 0.4) is 0 Å². The lowest BCUT2D eigenvalue weighted by Gasteiger charge is -2.46. The number of Topliss-reactive ketones (excluding diaryl/α,β-unsaturated/α-hetero) is 3. The van der Waals surface area contributed by atoms with Crippen LogP contribution in [0.2, 0.25) is 18.1 Å². The van der Waals surface area contributed by atoms with Gasteiger partial charge in [-0.15, -0.1) is 0 Å². The number of nitrogens with one attached hydrogen (secondary N) is 1. The average Bonchev–Trinajstić information content (AvgIpc) is 0.785. The maximum absolute atomic E-state index is 16.1. The highest BCUT2D eigenvalue weighted by Crippen LogP contribution is 2.40. The van der Waals surface area contributed by atoms with E-state index in [1.54, 1.807) is 34.0 Å². The highest BCUT2D eigenvalue weighted by atomic mass is 28.4. The van der Waals surface area contributed by atoms with Crippen LogP contribution < -0.4 is 5.32 Å². The lowest BCUT2D eigenvalue weighted by molar-refractivity contribution is -0.157. The predicted octanol–water partition coefficient (Wildman–Crippen LogP) is 9.91. The van der Waals surface area contributed by atoms with Crippen molar-refractivity contribution < 1.29 is 57.2 Å². The maximum atomic E-state index is 16.1. The van der Waals surface area contributed by atoms with Crippen LogP contribution in [-0.2, 0) is 63.7 Å². The summed E-state index contributed by atoms with van der Waals surface area (Å²) in [5.41, 5.74) is 0.874. The van der Waals surface area contributed by atoms with Crippen molar-refractivity contribution in [2.24, 2.45) is 59.2 Å². The van der Waals surface area contributed by atoms with E-state index in [0.29, 0.717) is 19.5 Å². The molecule has 0 saturated carbocycles. The fourth-order valence-electron chi connectivity index (χ4n) is 13.4. The van der Waals surface area contributed by atoms with Crippen molar-refractivity contribution in [3.05, 3.63) is 30.1 Å². The van der Waals surface area contributed by atoms with Crippen LogP contribution in [0.15, 0.2) is 24.4 Å². The molecular formula is C77H136N10O12Si. The van der Waals surface area contributed by atoms with Crippen LogP contribution in [-0.4, -0.2) is 234 Å². The van der Waals surface area contributed by atoms with E-state index in [2.05, 4.69) is 49.1 Å². The molecule has 2 heterocycles. The van der Waals surface area contributed by atoms with Gasteiger partial charge in [-0.1, -0.05) is 131 Å². The molecule has 100 heavy (non-hydrogen) atoms. The quantitative estimate of drug-likeness (QED) is 0.119. The van der Waals surface area contributed by atoms with E-state index in [1.807, 2.05) is 115 Å². The molecule has 0 spiro atoms. The summed E-state index contributed by atoms with van der Waals surface area (Å²) in [6.07, 6.45) is 1.43. The normalized spacial score (nSPS) is 25.9. The van der Waals surface area contributed by atoms with Gasteiger partial charge in [0.05, 0.1) is 23.9 Å². The molecule has 0 aromatic carbocycles. The van der Waals surface area contributed by atoms with Gasteiger partial charge in [-0.05, 0) is 138 Å². The summed E-state index contributed by atoms with van der Waals surface area (Å²) in [7, 11) is 9.81. The number of nitrogens with zero attached hydrogens (tertiary/aromatic N) is 9. The zero-order valence-electron chi connectivity index (χ0n) is 67.5. The zero-order chi connectivity index (χ0) is 77.2. The number of hydrogen-bond donors (Lipinski definition) is 1. The second kappa shape index (κ2) is 39.6.